The van der Waals surface area contributed by atoms with E-state index in [0.717, 1.165) is 0 Å². The largest absolute Gasteiger partial charge is 0.0616 e. The van der Waals surface area contributed by atoms with Crippen LogP contribution in [0.3, 0.4) is 0 Å². The van der Waals surface area contributed by atoms with Gasteiger partial charge in [-0.1, -0.05) is 48.5 Å². The molecule has 0 radical (unpaired) electrons. The zero-order valence-electron chi connectivity index (χ0n) is 14.2. The van der Waals surface area contributed by atoms with Crippen LogP contribution < -0.4 is 0 Å². The van der Waals surface area contributed by atoms with Gasteiger partial charge in [0.15, 0.2) is 0 Å². The molecule has 6 rings (SSSR count). The molecule has 0 heteroatoms. The van der Waals surface area contributed by atoms with Gasteiger partial charge >= 0.3 is 0 Å². The summed E-state index contributed by atoms with van der Waals surface area (Å²) in [7, 11) is 0. The normalized spacial score (nSPS) is 11.8. The van der Waals surface area contributed by atoms with E-state index in [9.17, 15) is 0 Å². The second kappa shape index (κ2) is 5.06. The van der Waals surface area contributed by atoms with Crippen LogP contribution >= 0.6 is 0 Å². The predicted molar refractivity (Wildman–Crippen MR) is 114 cm³/mol. The number of benzene rings is 6. The monoisotopic (exact) mass is 328 g/mol. The van der Waals surface area contributed by atoms with Gasteiger partial charge in [-0.05, 0) is 102 Å². The third-order valence-corrected chi connectivity index (χ3v) is 5.48. The fourth-order valence-electron chi connectivity index (χ4n) is 4.14. The molecule has 0 saturated carbocycles. The molecule has 6 aromatic rings. The molecule has 26 heavy (non-hydrogen) atoms. The average Bonchev–Trinajstić information content (AvgIpc) is 2.67. The molecule has 0 bridgehead atoms. The van der Waals surface area contributed by atoms with Crippen molar-refractivity contribution in [2.45, 2.75) is 0 Å². The molecule has 0 N–H and O–H groups in total. The van der Waals surface area contributed by atoms with E-state index < -0.39 is 0 Å². The Balaban J connectivity index is 1.72. The van der Waals surface area contributed by atoms with Gasteiger partial charge in [-0.25, -0.2) is 0 Å². The maximum Gasteiger partial charge on any atom is -0.0171 e. The highest BCUT2D eigenvalue weighted by atomic mass is 14.1. The Morgan fingerprint density at radius 2 is 0.423 bits per heavy atom. The SMILES string of the molecule is c1ccc2cc3cc4cc5cc6ccccc6cc5cc4cc3cc2c1. The first-order chi connectivity index (χ1) is 12.8. The summed E-state index contributed by atoms with van der Waals surface area (Å²) >= 11 is 0. The molecule has 6 aromatic carbocycles. The first-order valence-corrected chi connectivity index (χ1v) is 9.02. The van der Waals surface area contributed by atoms with Crippen molar-refractivity contribution in [1.29, 1.82) is 0 Å². The van der Waals surface area contributed by atoms with Gasteiger partial charge in [0.05, 0.1) is 0 Å². The van der Waals surface area contributed by atoms with Gasteiger partial charge in [0.2, 0.25) is 0 Å². The summed E-state index contributed by atoms with van der Waals surface area (Å²) in [4.78, 5) is 0. The summed E-state index contributed by atoms with van der Waals surface area (Å²) in [6.45, 7) is 0. The van der Waals surface area contributed by atoms with Crippen LogP contribution in [0.15, 0.2) is 97.1 Å². The Labute approximate surface area is 151 Å². The lowest BCUT2D eigenvalue weighted by Crippen LogP contribution is -1.81. The number of hydrogen-bond donors (Lipinski definition) is 0. The Morgan fingerprint density at radius 3 is 0.654 bits per heavy atom. The highest BCUT2D eigenvalue weighted by molar-refractivity contribution is 6.10. The summed E-state index contributed by atoms with van der Waals surface area (Å²) < 4.78 is 0. The highest BCUT2D eigenvalue weighted by Crippen LogP contribution is 2.31. The van der Waals surface area contributed by atoms with Crippen LogP contribution in [0.25, 0.3) is 53.9 Å². The van der Waals surface area contributed by atoms with Crippen LogP contribution in [0.5, 0.6) is 0 Å². The third kappa shape index (κ3) is 2.02. The molecule has 0 unspecified atom stereocenters. The van der Waals surface area contributed by atoms with Gasteiger partial charge in [0.1, 0.15) is 0 Å². The predicted octanol–water partition coefficient (Wildman–Crippen LogP) is 7.45. The topological polar surface area (TPSA) is 0 Å². The molecule has 0 aliphatic carbocycles. The minimum absolute atomic E-state index is 1.30. The smallest absolute Gasteiger partial charge is 0.0171 e. The van der Waals surface area contributed by atoms with Crippen molar-refractivity contribution in [2.24, 2.45) is 0 Å². The summed E-state index contributed by atoms with van der Waals surface area (Å²) in [6.07, 6.45) is 0. The van der Waals surface area contributed by atoms with Crippen molar-refractivity contribution in [3.8, 4) is 0 Å². The summed E-state index contributed by atoms with van der Waals surface area (Å²) in [5.74, 6) is 0. The van der Waals surface area contributed by atoms with Crippen molar-refractivity contribution in [1.82, 2.24) is 0 Å². The van der Waals surface area contributed by atoms with Crippen LogP contribution in [-0.4, -0.2) is 0 Å². The van der Waals surface area contributed by atoms with E-state index in [-0.39, 0.29) is 0 Å². The van der Waals surface area contributed by atoms with Crippen molar-refractivity contribution in [2.75, 3.05) is 0 Å². The van der Waals surface area contributed by atoms with E-state index >= 15 is 0 Å². The maximum absolute atomic E-state index is 2.33. The minimum Gasteiger partial charge on any atom is -0.0616 e. The van der Waals surface area contributed by atoms with Gasteiger partial charge in [-0.3, -0.25) is 0 Å². The lowest BCUT2D eigenvalue weighted by atomic mass is 9.96. The van der Waals surface area contributed by atoms with Crippen molar-refractivity contribution in [3.63, 3.8) is 0 Å². The van der Waals surface area contributed by atoms with Crippen LogP contribution in [0.1, 0.15) is 0 Å². The van der Waals surface area contributed by atoms with Gasteiger partial charge in [0.25, 0.3) is 0 Å². The number of fused-ring (bicyclic) bond motifs is 5. The van der Waals surface area contributed by atoms with E-state index in [0.29, 0.717) is 0 Å². The Kier molecular flexibility index (Phi) is 2.70. The zero-order chi connectivity index (χ0) is 17.1. The Hall–Kier alpha value is -3.38. The average molecular weight is 328 g/mol. The Morgan fingerprint density at radius 1 is 0.231 bits per heavy atom. The summed E-state index contributed by atoms with van der Waals surface area (Å²) in [5.41, 5.74) is 0. The van der Waals surface area contributed by atoms with Crippen molar-refractivity contribution in [3.05, 3.63) is 97.1 Å². The quantitative estimate of drug-likeness (QED) is 0.254. The van der Waals surface area contributed by atoms with E-state index in [4.69, 9.17) is 0 Å². The Bertz CT molecular complexity index is 1250. The molecule has 0 nitrogen and oxygen atoms in total. The molecule has 0 atom stereocenters. The fraction of sp³-hybridized carbons (Fsp3) is 0. The molecular formula is C26H16. The van der Waals surface area contributed by atoms with E-state index in [1.807, 2.05) is 0 Å². The van der Waals surface area contributed by atoms with Crippen LogP contribution in [0.4, 0.5) is 0 Å². The van der Waals surface area contributed by atoms with E-state index in [1.54, 1.807) is 0 Å². The third-order valence-electron chi connectivity index (χ3n) is 5.48. The molecule has 0 saturated heterocycles. The van der Waals surface area contributed by atoms with Crippen LogP contribution in [0, 0.1) is 0 Å². The van der Waals surface area contributed by atoms with Crippen molar-refractivity contribution >= 4 is 53.9 Å². The van der Waals surface area contributed by atoms with Gasteiger partial charge < -0.3 is 0 Å². The fourth-order valence-corrected chi connectivity index (χ4v) is 4.14. The second-order valence-corrected chi connectivity index (χ2v) is 7.14. The van der Waals surface area contributed by atoms with Crippen LogP contribution in [-0.2, 0) is 0 Å². The molecule has 0 aliphatic heterocycles. The van der Waals surface area contributed by atoms with E-state index in [2.05, 4.69) is 97.1 Å². The second-order valence-electron chi connectivity index (χ2n) is 7.14. The molecular weight excluding hydrogens is 312 g/mol. The molecule has 0 spiro atoms. The van der Waals surface area contributed by atoms with Gasteiger partial charge in [-0.15, -0.1) is 0 Å². The summed E-state index contributed by atoms with van der Waals surface area (Å²) in [6, 6.07) is 35.7. The van der Waals surface area contributed by atoms with E-state index in [1.165, 1.54) is 53.9 Å². The number of hydrogen-bond acceptors (Lipinski definition) is 0. The first kappa shape index (κ1) is 13.9. The molecule has 0 aliphatic rings. The van der Waals surface area contributed by atoms with Crippen LogP contribution in [0.2, 0.25) is 0 Å². The van der Waals surface area contributed by atoms with Gasteiger partial charge in [0, 0.05) is 0 Å². The highest BCUT2D eigenvalue weighted by Gasteiger charge is 2.04. The van der Waals surface area contributed by atoms with Gasteiger partial charge in [-0.2, -0.15) is 0 Å². The minimum atomic E-state index is 1.30. The zero-order valence-corrected chi connectivity index (χ0v) is 14.2. The molecule has 0 amide bonds. The molecule has 0 heterocycles. The molecule has 120 valence electrons. The summed E-state index contributed by atoms with van der Waals surface area (Å²) in [5, 5.41) is 13.0. The standard InChI is InChI=1S/C26H16/c1-2-6-18-10-22-14-26-16-24-12-20-8-4-3-7-19(20)11-23(24)15-25(26)13-21(22)9-17(18)5-1/h1-16H. The number of rotatable bonds is 0. The lowest BCUT2D eigenvalue weighted by Gasteiger charge is -2.08. The molecule has 0 aromatic heterocycles. The van der Waals surface area contributed by atoms with Crippen molar-refractivity contribution < 1.29 is 0 Å². The maximum atomic E-state index is 2.33. The first-order valence-electron chi connectivity index (χ1n) is 9.02. The molecule has 0 fully saturated rings. The lowest BCUT2D eigenvalue weighted by molar-refractivity contribution is 1.78.